The first kappa shape index (κ1) is 17.3. The Kier molecular flexibility index (Phi) is 6.30. The molecule has 0 aromatic heterocycles. The fourth-order valence-electron chi connectivity index (χ4n) is 1.45. The van der Waals surface area contributed by atoms with Crippen LogP contribution in [0.15, 0.2) is 22.7 Å². The molecule has 2 N–H and O–H groups in total. The summed E-state index contributed by atoms with van der Waals surface area (Å²) in [4.78, 5) is 12.1. The van der Waals surface area contributed by atoms with Crippen LogP contribution in [0.25, 0.3) is 0 Å². The molecular weight excluding hydrogens is 346 g/mol. The highest BCUT2D eigenvalue weighted by Crippen LogP contribution is 2.28. The van der Waals surface area contributed by atoms with E-state index in [0.29, 0.717) is 21.7 Å². The number of rotatable bonds is 6. The van der Waals surface area contributed by atoms with Gasteiger partial charge >= 0.3 is 0 Å². The van der Waals surface area contributed by atoms with Gasteiger partial charge in [-0.1, -0.05) is 18.5 Å². The normalized spacial score (nSPS) is 15.3. The molecule has 0 bridgehead atoms. The molecule has 1 aromatic rings. The first-order chi connectivity index (χ1) is 9.31. The van der Waals surface area contributed by atoms with E-state index in [-0.39, 0.29) is 12.5 Å². The molecule has 1 aromatic carbocycles. The van der Waals surface area contributed by atoms with Crippen LogP contribution in [0.4, 0.5) is 0 Å². The van der Waals surface area contributed by atoms with Gasteiger partial charge in [-0.05, 0) is 54.4 Å². The number of ether oxygens (including phenoxy) is 1. The maximum Gasteiger partial charge on any atom is 0.261 e. The average molecular weight is 365 g/mol. The van der Waals surface area contributed by atoms with Gasteiger partial charge < -0.3 is 15.2 Å². The molecule has 0 saturated heterocycles. The van der Waals surface area contributed by atoms with Crippen LogP contribution in [0.5, 0.6) is 5.75 Å². The second kappa shape index (κ2) is 7.29. The average Bonchev–Trinajstić information content (AvgIpc) is 2.41. The van der Waals surface area contributed by atoms with Crippen LogP contribution in [0.3, 0.4) is 0 Å². The Labute approximate surface area is 132 Å². The monoisotopic (exact) mass is 363 g/mol. The summed E-state index contributed by atoms with van der Waals surface area (Å²) in [6.07, 6.45) is -0.0445. The van der Waals surface area contributed by atoms with E-state index < -0.39 is 11.6 Å². The van der Waals surface area contributed by atoms with Gasteiger partial charge in [0.25, 0.3) is 5.91 Å². The van der Waals surface area contributed by atoms with Crippen LogP contribution in [-0.2, 0) is 4.79 Å². The Hall–Kier alpha value is -0.780. The minimum absolute atomic E-state index is 0.118. The fraction of sp³-hybridized carbons (Fsp3) is 0.500. The second-order valence-corrected chi connectivity index (χ2v) is 6.19. The van der Waals surface area contributed by atoms with Crippen molar-refractivity contribution in [1.82, 2.24) is 5.32 Å². The van der Waals surface area contributed by atoms with E-state index in [9.17, 15) is 9.90 Å². The van der Waals surface area contributed by atoms with E-state index in [4.69, 9.17) is 16.3 Å². The molecule has 20 heavy (non-hydrogen) atoms. The van der Waals surface area contributed by atoms with Crippen LogP contribution < -0.4 is 10.1 Å². The maximum atomic E-state index is 12.1. The zero-order chi connectivity index (χ0) is 15.3. The standard InChI is InChI=1S/C14H19BrClNO3/c1-4-14(3,8-18)17-13(19)9(2)20-12-6-5-10(16)7-11(12)15/h5-7,9,18H,4,8H2,1-3H3,(H,17,19). The first-order valence-corrected chi connectivity index (χ1v) is 7.53. The third-order valence-electron chi connectivity index (χ3n) is 3.12. The van der Waals surface area contributed by atoms with E-state index in [1.165, 1.54) is 0 Å². The molecule has 0 spiro atoms. The molecule has 1 rings (SSSR count). The lowest BCUT2D eigenvalue weighted by Gasteiger charge is -2.29. The van der Waals surface area contributed by atoms with Gasteiger partial charge in [0.2, 0.25) is 0 Å². The Morgan fingerprint density at radius 1 is 1.60 bits per heavy atom. The van der Waals surface area contributed by atoms with Crippen molar-refractivity contribution in [1.29, 1.82) is 0 Å². The molecule has 4 nitrogen and oxygen atoms in total. The summed E-state index contributed by atoms with van der Waals surface area (Å²) in [5, 5.41) is 12.7. The molecule has 0 aliphatic rings. The summed E-state index contributed by atoms with van der Waals surface area (Å²) in [6.45, 7) is 5.23. The predicted molar refractivity (Wildman–Crippen MR) is 83.2 cm³/mol. The number of hydrogen-bond acceptors (Lipinski definition) is 3. The van der Waals surface area contributed by atoms with Crippen molar-refractivity contribution in [3.8, 4) is 5.75 Å². The van der Waals surface area contributed by atoms with Crippen LogP contribution in [0.2, 0.25) is 5.02 Å². The molecule has 6 heteroatoms. The van der Waals surface area contributed by atoms with Crippen molar-refractivity contribution in [2.24, 2.45) is 0 Å². The SMILES string of the molecule is CCC(C)(CO)NC(=O)C(C)Oc1ccc(Cl)cc1Br. The van der Waals surface area contributed by atoms with Crippen LogP contribution in [0.1, 0.15) is 27.2 Å². The smallest absolute Gasteiger partial charge is 0.261 e. The van der Waals surface area contributed by atoms with Crippen molar-refractivity contribution in [3.63, 3.8) is 0 Å². The predicted octanol–water partition coefficient (Wildman–Crippen LogP) is 3.15. The number of amides is 1. The minimum atomic E-state index is -0.676. The number of carbonyl (C=O) groups is 1. The lowest BCUT2D eigenvalue weighted by Crippen LogP contribution is -2.52. The second-order valence-electron chi connectivity index (χ2n) is 4.90. The number of hydrogen-bond donors (Lipinski definition) is 2. The van der Waals surface area contributed by atoms with Gasteiger partial charge in [-0.2, -0.15) is 0 Å². The number of nitrogens with one attached hydrogen (secondary N) is 1. The van der Waals surface area contributed by atoms with Gasteiger partial charge in [0.15, 0.2) is 6.10 Å². The highest BCUT2D eigenvalue weighted by molar-refractivity contribution is 9.10. The van der Waals surface area contributed by atoms with E-state index in [1.54, 1.807) is 32.0 Å². The molecular formula is C14H19BrClNO3. The number of aliphatic hydroxyl groups excluding tert-OH is 1. The van der Waals surface area contributed by atoms with Gasteiger partial charge in [-0.15, -0.1) is 0 Å². The molecule has 0 aliphatic heterocycles. The van der Waals surface area contributed by atoms with Crippen LogP contribution in [-0.4, -0.2) is 29.3 Å². The lowest BCUT2D eigenvalue weighted by molar-refractivity contribution is -0.129. The van der Waals surface area contributed by atoms with Crippen molar-refractivity contribution in [3.05, 3.63) is 27.7 Å². The fourth-order valence-corrected chi connectivity index (χ4v) is 2.23. The van der Waals surface area contributed by atoms with Crippen molar-refractivity contribution < 1.29 is 14.6 Å². The summed E-state index contributed by atoms with van der Waals surface area (Å²) in [5.74, 6) is 0.268. The molecule has 2 atom stereocenters. The van der Waals surface area contributed by atoms with Crippen molar-refractivity contribution >= 4 is 33.4 Å². The number of benzene rings is 1. The molecule has 0 saturated carbocycles. The number of aliphatic hydroxyl groups is 1. The Bertz CT molecular complexity index is 477. The zero-order valence-electron chi connectivity index (χ0n) is 11.7. The Morgan fingerprint density at radius 2 is 2.25 bits per heavy atom. The summed E-state index contributed by atoms with van der Waals surface area (Å²) < 4.78 is 6.28. The molecule has 112 valence electrons. The summed E-state index contributed by atoms with van der Waals surface area (Å²) in [6, 6.07) is 5.09. The lowest BCUT2D eigenvalue weighted by atomic mass is 10.00. The van der Waals surface area contributed by atoms with Gasteiger partial charge in [0, 0.05) is 5.02 Å². The Morgan fingerprint density at radius 3 is 2.75 bits per heavy atom. The van der Waals surface area contributed by atoms with E-state index in [0.717, 1.165) is 0 Å². The van der Waals surface area contributed by atoms with Crippen LogP contribution >= 0.6 is 27.5 Å². The van der Waals surface area contributed by atoms with E-state index >= 15 is 0 Å². The van der Waals surface area contributed by atoms with Gasteiger partial charge in [-0.3, -0.25) is 4.79 Å². The third-order valence-corrected chi connectivity index (χ3v) is 3.98. The number of carbonyl (C=O) groups excluding carboxylic acids is 1. The largest absolute Gasteiger partial charge is 0.480 e. The summed E-state index contributed by atoms with van der Waals surface area (Å²) >= 11 is 9.18. The molecule has 0 aliphatic carbocycles. The number of halogens is 2. The molecule has 0 radical (unpaired) electrons. The van der Waals surface area contributed by atoms with Crippen LogP contribution in [0, 0.1) is 0 Å². The third kappa shape index (κ3) is 4.65. The van der Waals surface area contributed by atoms with E-state index in [2.05, 4.69) is 21.2 Å². The summed E-state index contributed by atoms with van der Waals surface area (Å²) in [5.41, 5.74) is -0.633. The van der Waals surface area contributed by atoms with Gasteiger partial charge in [0.1, 0.15) is 5.75 Å². The zero-order valence-corrected chi connectivity index (χ0v) is 14.1. The summed E-state index contributed by atoms with van der Waals surface area (Å²) in [7, 11) is 0. The van der Waals surface area contributed by atoms with Gasteiger partial charge in [0.05, 0.1) is 16.6 Å². The first-order valence-electron chi connectivity index (χ1n) is 6.36. The highest BCUT2D eigenvalue weighted by Gasteiger charge is 2.26. The molecule has 0 heterocycles. The minimum Gasteiger partial charge on any atom is -0.480 e. The molecule has 1 amide bonds. The topological polar surface area (TPSA) is 58.6 Å². The highest BCUT2D eigenvalue weighted by atomic mass is 79.9. The maximum absolute atomic E-state index is 12.1. The quantitative estimate of drug-likeness (QED) is 0.815. The van der Waals surface area contributed by atoms with Gasteiger partial charge in [-0.25, -0.2) is 0 Å². The molecule has 2 unspecified atom stereocenters. The Balaban J connectivity index is 2.71. The van der Waals surface area contributed by atoms with Crippen molar-refractivity contribution in [2.45, 2.75) is 38.8 Å². The molecule has 0 fully saturated rings. The van der Waals surface area contributed by atoms with E-state index in [1.807, 2.05) is 6.92 Å². The van der Waals surface area contributed by atoms with Crippen molar-refractivity contribution in [2.75, 3.05) is 6.61 Å².